The molecule has 3 rings (SSSR count). The first-order valence-corrected chi connectivity index (χ1v) is 9.75. The van der Waals surface area contributed by atoms with Gasteiger partial charge in [0.15, 0.2) is 0 Å². The molecule has 0 heterocycles. The maximum absolute atomic E-state index is 13.1. The molecular formula is C25H25NO4. The van der Waals surface area contributed by atoms with E-state index < -0.39 is 18.1 Å². The Hall–Kier alpha value is -3.60. The molecule has 0 bridgehead atoms. The van der Waals surface area contributed by atoms with Crippen LogP contribution in [0.5, 0.6) is 0 Å². The summed E-state index contributed by atoms with van der Waals surface area (Å²) in [6, 6.07) is 24.0. The van der Waals surface area contributed by atoms with Gasteiger partial charge in [0.25, 0.3) is 0 Å². The first-order valence-electron chi connectivity index (χ1n) is 9.75. The van der Waals surface area contributed by atoms with E-state index in [0.717, 1.165) is 22.3 Å². The molecule has 0 N–H and O–H groups in total. The van der Waals surface area contributed by atoms with E-state index in [-0.39, 0.29) is 6.61 Å². The van der Waals surface area contributed by atoms with Crippen molar-refractivity contribution in [2.24, 2.45) is 0 Å². The lowest BCUT2D eigenvalue weighted by Gasteiger charge is -2.28. The van der Waals surface area contributed by atoms with Gasteiger partial charge in [0, 0.05) is 5.56 Å². The Labute approximate surface area is 176 Å². The maximum atomic E-state index is 13.1. The Bertz CT molecular complexity index is 999. The highest BCUT2D eigenvalue weighted by Crippen LogP contribution is 2.33. The first-order chi connectivity index (χ1) is 14.5. The summed E-state index contributed by atoms with van der Waals surface area (Å²) in [6.07, 6.45) is -0.615. The molecule has 0 fully saturated rings. The SMILES string of the molecule is COC(=O)[C@H](C)N(C(=O)OCc1ccccc1)c1ccccc1-c1ccc(C)cc1. The number of hydrogen-bond acceptors (Lipinski definition) is 4. The Kier molecular flexibility index (Phi) is 6.86. The molecule has 3 aromatic rings. The summed E-state index contributed by atoms with van der Waals surface area (Å²) in [7, 11) is 1.30. The van der Waals surface area contributed by atoms with Gasteiger partial charge in [-0.3, -0.25) is 4.90 Å². The smallest absolute Gasteiger partial charge is 0.415 e. The van der Waals surface area contributed by atoms with Gasteiger partial charge in [-0.2, -0.15) is 0 Å². The second-order valence-corrected chi connectivity index (χ2v) is 6.99. The zero-order valence-electron chi connectivity index (χ0n) is 17.4. The maximum Gasteiger partial charge on any atom is 0.415 e. The number of carbonyl (C=O) groups excluding carboxylic acids is 2. The molecule has 0 aliphatic rings. The van der Waals surface area contributed by atoms with Crippen molar-refractivity contribution in [1.82, 2.24) is 0 Å². The van der Waals surface area contributed by atoms with Crippen LogP contribution in [0.2, 0.25) is 0 Å². The Balaban J connectivity index is 1.97. The molecule has 0 aromatic heterocycles. The number of carbonyl (C=O) groups is 2. The molecular weight excluding hydrogens is 378 g/mol. The van der Waals surface area contributed by atoms with Crippen LogP contribution < -0.4 is 4.90 Å². The van der Waals surface area contributed by atoms with Crippen molar-refractivity contribution in [2.75, 3.05) is 12.0 Å². The Morgan fingerprint density at radius 3 is 2.20 bits per heavy atom. The van der Waals surface area contributed by atoms with Gasteiger partial charge in [-0.25, -0.2) is 9.59 Å². The summed E-state index contributed by atoms with van der Waals surface area (Å²) in [5.74, 6) is -0.523. The van der Waals surface area contributed by atoms with Crippen LogP contribution in [0.3, 0.4) is 0 Å². The fourth-order valence-electron chi connectivity index (χ4n) is 3.19. The van der Waals surface area contributed by atoms with Crippen LogP contribution in [0.15, 0.2) is 78.9 Å². The van der Waals surface area contributed by atoms with Crippen LogP contribution in [-0.4, -0.2) is 25.2 Å². The minimum absolute atomic E-state index is 0.108. The minimum atomic E-state index is -0.857. The number of methoxy groups -OCH3 is 1. The molecule has 0 spiro atoms. The van der Waals surface area contributed by atoms with E-state index in [1.807, 2.05) is 79.7 Å². The van der Waals surface area contributed by atoms with Gasteiger partial charge in [-0.05, 0) is 31.0 Å². The van der Waals surface area contributed by atoms with Gasteiger partial charge in [-0.15, -0.1) is 0 Å². The average molecular weight is 403 g/mol. The average Bonchev–Trinajstić information content (AvgIpc) is 2.79. The normalized spacial score (nSPS) is 11.4. The van der Waals surface area contributed by atoms with E-state index in [1.54, 1.807) is 13.0 Å². The summed E-state index contributed by atoms with van der Waals surface area (Å²) in [5.41, 5.74) is 4.35. The summed E-state index contributed by atoms with van der Waals surface area (Å²) in [5, 5.41) is 0. The highest BCUT2D eigenvalue weighted by molar-refractivity contribution is 5.99. The molecule has 3 aromatic carbocycles. The lowest BCUT2D eigenvalue weighted by Crippen LogP contribution is -2.44. The number of esters is 1. The second-order valence-electron chi connectivity index (χ2n) is 6.99. The zero-order chi connectivity index (χ0) is 21.5. The van der Waals surface area contributed by atoms with E-state index in [0.29, 0.717) is 5.69 Å². The summed E-state index contributed by atoms with van der Waals surface area (Å²) >= 11 is 0. The first kappa shape index (κ1) is 21.1. The molecule has 0 saturated heterocycles. The molecule has 0 aliphatic carbocycles. The van der Waals surface area contributed by atoms with Crippen LogP contribution in [0, 0.1) is 6.92 Å². The van der Waals surface area contributed by atoms with Crippen molar-refractivity contribution in [1.29, 1.82) is 0 Å². The zero-order valence-corrected chi connectivity index (χ0v) is 17.4. The quantitative estimate of drug-likeness (QED) is 0.520. The van der Waals surface area contributed by atoms with E-state index in [2.05, 4.69) is 0 Å². The van der Waals surface area contributed by atoms with Crippen molar-refractivity contribution < 1.29 is 19.1 Å². The van der Waals surface area contributed by atoms with Crippen molar-refractivity contribution in [3.05, 3.63) is 90.0 Å². The monoisotopic (exact) mass is 403 g/mol. The summed E-state index contributed by atoms with van der Waals surface area (Å²) in [4.78, 5) is 26.8. The van der Waals surface area contributed by atoms with E-state index in [4.69, 9.17) is 9.47 Å². The topological polar surface area (TPSA) is 55.8 Å². The minimum Gasteiger partial charge on any atom is -0.467 e. The number of rotatable bonds is 6. The molecule has 5 heteroatoms. The molecule has 5 nitrogen and oxygen atoms in total. The lowest BCUT2D eigenvalue weighted by molar-refractivity contribution is -0.141. The largest absolute Gasteiger partial charge is 0.467 e. The molecule has 0 unspecified atom stereocenters. The number of para-hydroxylation sites is 1. The number of anilines is 1. The van der Waals surface area contributed by atoms with E-state index in [1.165, 1.54) is 12.0 Å². The predicted octanol–water partition coefficient (Wildman–Crippen LogP) is 5.37. The number of amides is 1. The van der Waals surface area contributed by atoms with Crippen LogP contribution in [0.4, 0.5) is 10.5 Å². The third-order valence-electron chi connectivity index (χ3n) is 4.86. The van der Waals surface area contributed by atoms with Crippen LogP contribution >= 0.6 is 0 Å². The highest BCUT2D eigenvalue weighted by atomic mass is 16.6. The van der Waals surface area contributed by atoms with Crippen LogP contribution in [0.25, 0.3) is 11.1 Å². The van der Waals surface area contributed by atoms with Crippen molar-refractivity contribution in [3.8, 4) is 11.1 Å². The third-order valence-corrected chi connectivity index (χ3v) is 4.86. The summed E-state index contributed by atoms with van der Waals surface area (Å²) < 4.78 is 10.4. The highest BCUT2D eigenvalue weighted by Gasteiger charge is 2.31. The van der Waals surface area contributed by atoms with E-state index in [9.17, 15) is 9.59 Å². The molecule has 0 saturated carbocycles. The lowest BCUT2D eigenvalue weighted by atomic mass is 10.0. The van der Waals surface area contributed by atoms with Crippen LogP contribution in [0.1, 0.15) is 18.1 Å². The van der Waals surface area contributed by atoms with Gasteiger partial charge in [0.05, 0.1) is 12.8 Å². The molecule has 0 aliphatic heterocycles. The van der Waals surface area contributed by atoms with Crippen LogP contribution in [-0.2, 0) is 20.9 Å². The number of hydrogen-bond donors (Lipinski definition) is 0. The van der Waals surface area contributed by atoms with Gasteiger partial charge in [0.2, 0.25) is 0 Å². The van der Waals surface area contributed by atoms with E-state index >= 15 is 0 Å². The van der Waals surface area contributed by atoms with Gasteiger partial charge < -0.3 is 9.47 Å². The standard InChI is InChI=1S/C25H25NO4/c1-18-13-15-21(16-14-18)22-11-7-8-12-23(22)26(19(2)24(27)29-3)25(28)30-17-20-9-5-4-6-10-20/h4-16,19H,17H2,1-3H3/t19-/m0/s1. The van der Waals surface area contributed by atoms with Gasteiger partial charge in [-0.1, -0.05) is 78.4 Å². The summed E-state index contributed by atoms with van der Waals surface area (Å²) in [6.45, 7) is 3.75. The molecule has 0 radical (unpaired) electrons. The third kappa shape index (κ3) is 4.87. The molecule has 30 heavy (non-hydrogen) atoms. The molecule has 1 atom stereocenters. The Morgan fingerprint density at radius 2 is 1.53 bits per heavy atom. The Morgan fingerprint density at radius 1 is 0.900 bits per heavy atom. The molecule has 154 valence electrons. The number of nitrogens with zero attached hydrogens (tertiary/aromatic N) is 1. The van der Waals surface area contributed by atoms with Gasteiger partial charge >= 0.3 is 12.1 Å². The van der Waals surface area contributed by atoms with Crippen molar-refractivity contribution in [3.63, 3.8) is 0 Å². The fourth-order valence-corrected chi connectivity index (χ4v) is 3.19. The fraction of sp³-hybridized carbons (Fsp3) is 0.200. The number of ether oxygens (including phenoxy) is 2. The molecule has 1 amide bonds. The number of aryl methyl sites for hydroxylation is 1. The van der Waals surface area contributed by atoms with Crippen molar-refractivity contribution in [2.45, 2.75) is 26.5 Å². The predicted molar refractivity (Wildman–Crippen MR) is 117 cm³/mol. The second kappa shape index (κ2) is 9.74. The number of benzene rings is 3. The van der Waals surface area contributed by atoms with Crippen molar-refractivity contribution >= 4 is 17.7 Å². The van der Waals surface area contributed by atoms with Gasteiger partial charge in [0.1, 0.15) is 12.6 Å².